The largest absolute Gasteiger partial charge is 0.464 e. The highest BCUT2D eigenvalue weighted by molar-refractivity contribution is 6.03. The van der Waals surface area contributed by atoms with Crippen LogP contribution in [-0.2, 0) is 0 Å². The van der Waals surface area contributed by atoms with Crippen LogP contribution in [0.4, 0.5) is 4.79 Å². The van der Waals surface area contributed by atoms with E-state index in [0.717, 1.165) is 4.57 Å². The number of hydrogen-bond acceptors (Lipinski definition) is 2. The van der Waals surface area contributed by atoms with Crippen molar-refractivity contribution >= 4 is 18.0 Å². The maximum atomic E-state index is 11.3. The van der Waals surface area contributed by atoms with Crippen LogP contribution < -0.4 is 0 Å². The highest BCUT2D eigenvalue weighted by Crippen LogP contribution is 2.19. The molecule has 0 spiro atoms. The minimum atomic E-state index is -1.07. The summed E-state index contributed by atoms with van der Waals surface area (Å²) in [5, 5.41) is 8.73. The van der Waals surface area contributed by atoms with E-state index in [1.807, 2.05) is 0 Å². The topological polar surface area (TPSA) is 59.3 Å². The normalized spacial score (nSPS) is 14.3. The van der Waals surface area contributed by atoms with Gasteiger partial charge in [0.2, 0.25) is 0 Å². The Kier molecular flexibility index (Phi) is 1.55. The third kappa shape index (κ3) is 1.07. The third-order valence-corrected chi connectivity index (χ3v) is 2.01. The highest BCUT2D eigenvalue weighted by Gasteiger charge is 2.18. The molecule has 0 atom stereocenters. The van der Waals surface area contributed by atoms with Crippen LogP contribution in [0.5, 0.6) is 0 Å². The van der Waals surface area contributed by atoms with Crippen molar-refractivity contribution in [1.82, 2.24) is 4.57 Å². The summed E-state index contributed by atoms with van der Waals surface area (Å²) >= 11 is 0. The van der Waals surface area contributed by atoms with E-state index in [1.54, 1.807) is 12.2 Å². The summed E-state index contributed by atoms with van der Waals surface area (Å²) in [6.07, 6.45) is 4.01. The number of nitrogens with zero attached hydrogens (tertiary/aromatic N) is 1. The molecule has 2 rings (SSSR count). The lowest BCUT2D eigenvalue weighted by atomic mass is 10.0. The second-order valence-corrected chi connectivity index (χ2v) is 2.80. The molecule has 0 aliphatic heterocycles. The van der Waals surface area contributed by atoms with Gasteiger partial charge in [0, 0.05) is 18.2 Å². The molecule has 0 saturated heterocycles. The molecule has 1 aromatic rings. The van der Waals surface area contributed by atoms with Gasteiger partial charge in [-0.3, -0.25) is 9.36 Å². The summed E-state index contributed by atoms with van der Waals surface area (Å²) in [5.41, 5.74) is 0.952. The molecule has 0 saturated carbocycles. The zero-order valence-electron chi connectivity index (χ0n) is 6.73. The van der Waals surface area contributed by atoms with E-state index in [9.17, 15) is 9.59 Å². The molecule has 13 heavy (non-hydrogen) atoms. The van der Waals surface area contributed by atoms with Crippen LogP contribution in [0, 0.1) is 0 Å². The molecular weight excluding hydrogens is 170 g/mol. The minimum absolute atomic E-state index is 0.0301. The Bertz CT molecular complexity index is 414. The number of carboxylic acid groups (broad SMARTS) is 1. The molecule has 0 radical (unpaired) electrons. The van der Waals surface area contributed by atoms with Gasteiger partial charge >= 0.3 is 6.09 Å². The van der Waals surface area contributed by atoms with E-state index in [2.05, 4.69) is 0 Å². The number of fused-ring (bicyclic) bond motifs is 1. The number of carbonyl (C=O) groups excluding carboxylic acids is 1. The predicted molar refractivity (Wildman–Crippen MR) is 45.8 cm³/mol. The number of carbonyl (C=O) groups is 2. The van der Waals surface area contributed by atoms with Crippen molar-refractivity contribution in [2.45, 2.75) is 6.42 Å². The molecule has 1 heterocycles. The number of rotatable bonds is 0. The first-order chi connectivity index (χ1) is 6.20. The van der Waals surface area contributed by atoms with E-state index in [4.69, 9.17) is 5.11 Å². The average Bonchev–Trinajstić information content (AvgIpc) is 2.48. The van der Waals surface area contributed by atoms with E-state index >= 15 is 0 Å². The quantitative estimate of drug-likeness (QED) is 0.654. The average molecular weight is 177 g/mol. The Labute approximate surface area is 74.1 Å². The van der Waals surface area contributed by atoms with E-state index in [1.165, 1.54) is 12.3 Å². The van der Waals surface area contributed by atoms with Gasteiger partial charge in [-0.15, -0.1) is 0 Å². The molecule has 1 aliphatic carbocycles. The summed E-state index contributed by atoms with van der Waals surface area (Å²) in [4.78, 5) is 21.9. The standard InChI is InChI=1S/C9H7NO3/c11-8-3-1-2-7-6(8)4-5-10(7)9(12)13/h1-2,4-5H,3H2,(H,12,13). The zero-order valence-corrected chi connectivity index (χ0v) is 6.73. The number of ketones is 1. The number of hydrogen-bond donors (Lipinski definition) is 1. The van der Waals surface area contributed by atoms with Crippen molar-refractivity contribution in [3.05, 3.63) is 29.6 Å². The van der Waals surface area contributed by atoms with Crippen molar-refractivity contribution < 1.29 is 14.7 Å². The Balaban J connectivity index is 2.62. The maximum absolute atomic E-state index is 11.3. The fourth-order valence-electron chi connectivity index (χ4n) is 1.40. The van der Waals surface area contributed by atoms with Gasteiger partial charge in [0.05, 0.1) is 5.69 Å². The number of Topliss-reactive ketones (excluding diaryl/α,β-unsaturated/α-hetero) is 1. The Hall–Kier alpha value is -1.84. The maximum Gasteiger partial charge on any atom is 0.416 e. The van der Waals surface area contributed by atoms with Crippen molar-refractivity contribution in [3.8, 4) is 0 Å². The van der Waals surface area contributed by atoms with Gasteiger partial charge < -0.3 is 5.11 Å². The van der Waals surface area contributed by atoms with Gasteiger partial charge in [-0.25, -0.2) is 4.79 Å². The van der Waals surface area contributed by atoms with Gasteiger partial charge in [0.15, 0.2) is 5.78 Å². The van der Waals surface area contributed by atoms with Crippen LogP contribution in [0.3, 0.4) is 0 Å². The fourth-order valence-corrected chi connectivity index (χ4v) is 1.40. The van der Waals surface area contributed by atoms with E-state index in [-0.39, 0.29) is 5.78 Å². The molecule has 0 aromatic carbocycles. The van der Waals surface area contributed by atoms with Gasteiger partial charge in [0.1, 0.15) is 0 Å². The smallest absolute Gasteiger partial charge is 0.416 e. The van der Waals surface area contributed by atoms with Crippen LogP contribution in [0.15, 0.2) is 18.3 Å². The van der Waals surface area contributed by atoms with Crippen LogP contribution in [0.2, 0.25) is 0 Å². The van der Waals surface area contributed by atoms with Crippen LogP contribution in [0.1, 0.15) is 22.5 Å². The van der Waals surface area contributed by atoms with E-state index < -0.39 is 6.09 Å². The molecule has 4 nitrogen and oxygen atoms in total. The van der Waals surface area contributed by atoms with Crippen LogP contribution in [-0.4, -0.2) is 21.6 Å². The van der Waals surface area contributed by atoms with Crippen molar-refractivity contribution in [2.75, 3.05) is 0 Å². The minimum Gasteiger partial charge on any atom is -0.464 e. The highest BCUT2D eigenvalue weighted by atomic mass is 16.4. The molecule has 66 valence electrons. The van der Waals surface area contributed by atoms with Crippen molar-refractivity contribution in [2.24, 2.45) is 0 Å². The van der Waals surface area contributed by atoms with Crippen molar-refractivity contribution in [1.29, 1.82) is 0 Å². The molecule has 0 unspecified atom stereocenters. The van der Waals surface area contributed by atoms with Gasteiger partial charge in [-0.1, -0.05) is 6.08 Å². The lowest BCUT2D eigenvalue weighted by molar-refractivity contribution is 0.0994. The second kappa shape index (κ2) is 2.58. The second-order valence-electron chi connectivity index (χ2n) is 2.80. The summed E-state index contributed by atoms with van der Waals surface area (Å²) in [7, 11) is 0. The molecule has 0 amide bonds. The van der Waals surface area contributed by atoms with Gasteiger partial charge in [-0.2, -0.15) is 0 Å². The summed E-state index contributed by atoms with van der Waals surface area (Å²) in [6.45, 7) is 0. The van der Waals surface area contributed by atoms with Crippen molar-refractivity contribution in [3.63, 3.8) is 0 Å². The Morgan fingerprint density at radius 2 is 2.31 bits per heavy atom. The monoisotopic (exact) mass is 177 g/mol. The first-order valence-electron chi connectivity index (χ1n) is 3.84. The molecule has 4 heteroatoms. The summed E-state index contributed by atoms with van der Waals surface area (Å²) < 4.78 is 1.04. The summed E-state index contributed by atoms with van der Waals surface area (Å²) in [5.74, 6) is -0.0301. The first-order valence-corrected chi connectivity index (χ1v) is 3.84. The Morgan fingerprint density at radius 1 is 1.54 bits per heavy atom. The molecule has 1 aliphatic rings. The van der Waals surface area contributed by atoms with Crippen LogP contribution >= 0.6 is 0 Å². The lowest BCUT2D eigenvalue weighted by Crippen LogP contribution is -2.11. The summed E-state index contributed by atoms with van der Waals surface area (Å²) in [6, 6.07) is 1.54. The zero-order chi connectivity index (χ0) is 9.42. The van der Waals surface area contributed by atoms with Crippen LogP contribution in [0.25, 0.3) is 6.08 Å². The molecule has 0 fully saturated rings. The lowest BCUT2D eigenvalue weighted by Gasteiger charge is -2.05. The van der Waals surface area contributed by atoms with Gasteiger partial charge in [-0.05, 0) is 12.1 Å². The molecule has 1 N–H and O–H groups in total. The molecule has 1 aromatic heterocycles. The van der Waals surface area contributed by atoms with Gasteiger partial charge in [0.25, 0.3) is 0 Å². The van der Waals surface area contributed by atoms with E-state index in [0.29, 0.717) is 17.7 Å². The molecular formula is C9H7NO3. The Morgan fingerprint density at radius 3 is 3.00 bits per heavy atom. The molecule has 0 bridgehead atoms. The number of aromatic nitrogens is 1. The SMILES string of the molecule is O=C1CC=Cc2c1ccn2C(=O)O. The fraction of sp³-hybridized carbons (Fsp3) is 0.111. The predicted octanol–water partition coefficient (Wildman–Crippen LogP) is 1.61. The first kappa shape index (κ1) is 7.79. The number of allylic oxidation sites excluding steroid dienone is 1. The third-order valence-electron chi connectivity index (χ3n) is 2.01.